The van der Waals surface area contributed by atoms with E-state index < -0.39 is 0 Å². The predicted octanol–water partition coefficient (Wildman–Crippen LogP) is 4.39. The van der Waals surface area contributed by atoms with Crippen molar-refractivity contribution in [3.63, 3.8) is 0 Å². The summed E-state index contributed by atoms with van der Waals surface area (Å²) in [5.74, 6) is 0.867. The summed E-state index contributed by atoms with van der Waals surface area (Å²) in [5.41, 5.74) is 10.4. The fourth-order valence-corrected chi connectivity index (χ4v) is 2.43. The van der Waals surface area contributed by atoms with Crippen molar-refractivity contribution in [1.82, 2.24) is 0 Å². The van der Waals surface area contributed by atoms with Crippen LogP contribution in [0.25, 0.3) is 11.1 Å². The number of rotatable bonds is 5. The van der Waals surface area contributed by atoms with E-state index in [2.05, 4.69) is 30.3 Å². The molecule has 0 amide bonds. The Morgan fingerprint density at radius 1 is 0.636 bits per heavy atom. The molecule has 0 bridgehead atoms. The molecular formula is C20H19NO. The Morgan fingerprint density at radius 2 is 1.23 bits per heavy atom. The van der Waals surface area contributed by atoms with Crippen LogP contribution in [0.15, 0.2) is 78.9 Å². The van der Waals surface area contributed by atoms with Crippen molar-refractivity contribution in [3.05, 3.63) is 90.0 Å². The summed E-state index contributed by atoms with van der Waals surface area (Å²) in [6.07, 6.45) is 0. The molecular weight excluding hydrogens is 270 g/mol. The third-order valence-electron chi connectivity index (χ3n) is 3.69. The summed E-state index contributed by atoms with van der Waals surface area (Å²) in [6.45, 7) is 1.07. The number of hydrogen-bond acceptors (Lipinski definition) is 2. The second-order valence-corrected chi connectivity index (χ2v) is 5.15. The lowest BCUT2D eigenvalue weighted by Crippen LogP contribution is -2.04. The Kier molecular flexibility index (Phi) is 4.52. The average Bonchev–Trinajstić information content (AvgIpc) is 2.61. The van der Waals surface area contributed by atoms with Gasteiger partial charge in [0.25, 0.3) is 0 Å². The molecule has 0 spiro atoms. The summed E-state index contributed by atoms with van der Waals surface area (Å²) >= 11 is 0. The number of ether oxygens (including phenoxy) is 1. The van der Waals surface area contributed by atoms with Gasteiger partial charge in [-0.15, -0.1) is 0 Å². The van der Waals surface area contributed by atoms with Crippen LogP contribution in [0, 0.1) is 0 Å². The van der Waals surface area contributed by atoms with Crippen LogP contribution in [-0.2, 0) is 13.2 Å². The normalized spacial score (nSPS) is 10.4. The highest BCUT2D eigenvalue weighted by Crippen LogP contribution is 2.22. The SMILES string of the molecule is NCc1ccccc1COc1ccc(-c2ccccc2)cc1. The molecule has 0 atom stereocenters. The second-order valence-electron chi connectivity index (χ2n) is 5.15. The quantitative estimate of drug-likeness (QED) is 0.756. The van der Waals surface area contributed by atoms with Crippen molar-refractivity contribution in [3.8, 4) is 16.9 Å². The van der Waals surface area contributed by atoms with Crippen LogP contribution in [0.3, 0.4) is 0 Å². The summed E-state index contributed by atoms with van der Waals surface area (Å²) in [6, 6.07) is 26.6. The molecule has 0 heterocycles. The van der Waals surface area contributed by atoms with Crippen LogP contribution in [-0.4, -0.2) is 0 Å². The predicted molar refractivity (Wildman–Crippen MR) is 90.5 cm³/mol. The minimum atomic E-state index is 0.534. The Bertz CT molecular complexity index is 720. The van der Waals surface area contributed by atoms with Gasteiger partial charge < -0.3 is 10.5 Å². The van der Waals surface area contributed by atoms with E-state index in [0.717, 1.165) is 16.9 Å². The van der Waals surface area contributed by atoms with Crippen LogP contribution in [0.4, 0.5) is 0 Å². The monoisotopic (exact) mass is 289 g/mol. The Morgan fingerprint density at radius 3 is 1.91 bits per heavy atom. The van der Waals surface area contributed by atoms with Crippen LogP contribution in [0.2, 0.25) is 0 Å². The fourth-order valence-electron chi connectivity index (χ4n) is 2.43. The van der Waals surface area contributed by atoms with E-state index in [1.54, 1.807) is 0 Å². The van der Waals surface area contributed by atoms with Gasteiger partial charge in [0.15, 0.2) is 0 Å². The van der Waals surface area contributed by atoms with E-state index in [9.17, 15) is 0 Å². The molecule has 0 saturated heterocycles. The molecule has 0 aliphatic heterocycles. The highest BCUT2D eigenvalue weighted by molar-refractivity contribution is 5.63. The standard InChI is InChI=1S/C20H19NO/c21-14-18-8-4-5-9-19(18)15-22-20-12-10-17(11-13-20)16-6-2-1-3-7-16/h1-13H,14-15,21H2. The zero-order chi connectivity index (χ0) is 15.2. The van der Waals surface area contributed by atoms with Gasteiger partial charge >= 0.3 is 0 Å². The largest absolute Gasteiger partial charge is 0.489 e. The van der Waals surface area contributed by atoms with Crippen molar-refractivity contribution in [1.29, 1.82) is 0 Å². The highest BCUT2D eigenvalue weighted by Gasteiger charge is 2.02. The van der Waals surface area contributed by atoms with Crippen LogP contribution < -0.4 is 10.5 Å². The summed E-state index contributed by atoms with van der Waals surface area (Å²) in [7, 11) is 0. The molecule has 3 aromatic rings. The Labute approximate surface area is 131 Å². The third kappa shape index (κ3) is 3.35. The molecule has 3 rings (SSSR count). The van der Waals surface area contributed by atoms with E-state index in [-0.39, 0.29) is 0 Å². The van der Waals surface area contributed by atoms with Crippen molar-refractivity contribution < 1.29 is 4.74 Å². The molecule has 0 radical (unpaired) electrons. The zero-order valence-electron chi connectivity index (χ0n) is 12.4. The summed E-state index contributed by atoms with van der Waals surface area (Å²) in [5, 5.41) is 0. The first-order valence-corrected chi connectivity index (χ1v) is 7.42. The Hall–Kier alpha value is -2.58. The first kappa shape index (κ1) is 14.4. The molecule has 22 heavy (non-hydrogen) atoms. The Balaban J connectivity index is 1.69. The smallest absolute Gasteiger partial charge is 0.119 e. The van der Waals surface area contributed by atoms with Crippen molar-refractivity contribution in [2.24, 2.45) is 5.73 Å². The first-order valence-electron chi connectivity index (χ1n) is 7.42. The maximum atomic E-state index is 5.87. The second kappa shape index (κ2) is 6.92. The molecule has 0 aromatic heterocycles. The summed E-state index contributed by atoms with van der Waals surface area (Å²) in [4.78, 5) is 0. The van der Waals surface area contributed by atoms with Crippen LogP contribution in [0.1, 0.15) is 11.1 Å². The van der Waals surface area contributed by atoms with Gasteiger partial charge in [-0.3, -0.25) is 0 Å². The van der Waals surface area contributed by atoms with E-state index in [1.165, 1.54) is 11.1 Å². The summed E-state index contributed by atoms with van der Waals surface area (Å²) < 4.78 is 5.87. The van der Waals surface area contributed by atoms with Gasteiger partial charge in [-0.2, -0.15) is 0 Å². The molecule has 3 aromatic carbocycles. The van der Waals surface area contributed by atoms with Crippen molar-refractivity contribution in [2.45, 2.75) is 13.2 Å². The number of nitrogens with two attached hydrogens (primary N) is 1. The molecule has 2 heteroatoms. The molecule has 2 N–H and O–H groups in total. The minimum absolute atomic E-state index is 0.534. The van der Waals surface area contributed by atoms with Gasteiger partial charge in [0.05, 0.1) is 0 Å². The lowest BCUT2D eigenvalue weighted by Gasteiger charge is -2.10. The lowest BCUT2D eigenvalue weighted by atomic mass is 10.1. The molecule has 0 aliphatic rings. The van der Waals surface area contributed by atoms with E-state index in [4.69, 9.17) is 10.5 Å². The molecule has 0 saturated carbocycles. The zero-order valence-corrected chi connectivity index (χ0v) is 12.4. The maximum Gasteiger partial charge on any atom is 0.119 e. The van der Waals surface area contributed by atoms with Gasteiger partial charge in [0.1, 0.15) is 12.4 Å². The third-order valence-corrected chi connectivity index (χ3v) is 3.69. The van der Waals surface area contributed by atoms with Crippen molar-refractivity contribution in [2.75, 3.05) is 0 Å². The van der Waals surface area contributed by atoms with Gasteiger partial charge in [0, 0.05) is 6.54 Å². The molecule has 0 aliphatic carbocycles. The van der Waals surface area contributed by atoms with E-state index in [1.807, 2.05) is 48.5 Å². The van der Waals surface area contributed by atoms with Crippen molar-refractivity contribution >= 4 is 0 Å². The lowest BCUT2D eigenvalue weighted by molar-refractivity contribution is 0.305. The molecule has 110 valence electrons. The molecule has 0 unspecified atom stereocenters. The first-order chi connectivity index (χ1) is 10.9. The average molecular weight is 289 g/mol. The molecule has 0 fully saturated rings. The van der Waals surface area contributed by atoms with Crippen LogP contribution in [0.5, 0.6) is 5.75 Å². The number of benzene rings is 3. The highest BCUT2D eigenvalue weighted by atomic mass is 16.5. The van der Waals surface area contributed by atoms with Gasteiger partial charge in [-0.1, -0.05) is 66.7 Å². The topological polar surface area (TPSA) is 35.2 Å². The minimum Gasteiger partial charge on any atom is -0.489 e. The van der Waals surface area contributed by atoms with E-state index >= 15 is 0 Å². The fraction of sp³-hybridized carbons (Fsp3) is 0.100. The molecule has 2 nitrogen and oxygen atoms in total. The maximum absolute atomic E-state index is 5.87. The van der Waals surface area contributed by atoms with E-state index in [0.29, 0.717) is 13.2 Å². The van der Waals surface area contributed by atoms with Gasteiger partial charge in [0.2, 0.25) is 0 Å². The van der Waals surface area contributed by atoms with Gasteiger partial charge in [-0.25, -0.2) is 0 Å². The van der Waals surface area contributed by atoms with Crippen LogP contribution >= 0.6 is 0 Å². The van der Waals surface area contributed by atoms with Gasteiger partial charge in [-0.05, 0) is 34.4 Å². The number of hydrogen-bond donors (Lipinski definition) is 1.